The number of likely N-dealkylation sites (N-methyl/N-ethyl adjacent to an activating group) is 1. The molecular formula is C16H29N5O3. The van der Waals surface area contributed by atoms with E-state index in [-0.39, 0.29) is 17.3 Å². The first-order chi connectivity index (χ1) is 10.8. The van der Waals surface area contributed by atoms with Crippen LogP contribution in [0.25, 0.3) is 0 Å². The first-order valence-corrected chi connectivity index (χ1v) is 7.91. The zero-order valence-electron chi connectivity index (χ0n) is 15.9. The summed E-state index contributed by atoms with van der Waals surface area (Å²) < 4.78 is 6.86. The number of anilines is 1. The third-order valence-electron chi connectivity index (χ3n) is 3.09. The zero-order valence-corrected chi connectivity index (χ0v) is 15.9. The molecule has 0 saturated carbocycles. The number of aryl methyl sites for hydroxylation is 1. The Morgan fingerprint density at radius 3 is 2.29 bits per heavy atom. The number of amides is 2. The molecule has 2 amide bonds. The molecule has 8 heteroatoms. The SMILES string of the molecule is CN(C(=O)OC(C)(C)C)[C@H](CC(C)(C)C)C(=O)Nc1ncn(C)n1. The summed E-state index contributed by atoms with van der Waals surface area (Å²) in [6.07, 6.45) is 1.42. The first-order valence-electron chi connectivity index (χ1n) is 7.91. The first kappa shape index (κ1) is 19.9. The van der Waals surface area contributed by atoms with E-state index in [1.54, 1.807) is 34.9 Å². The van der Waals surface area contributed by atoms with Gasteiger partial charge >= 0.3 is 6.09 Å². The Morgan fingerprint density at radius 1 is 1.29 bits per heavy atom. The monoisotopic (exact) mass is 339 g/mol. The average molecular weight is 339 g/mol. The maximum Gasteiger partial charge on any atom is 0.410 e. The van der Waals surface area contributed by atoms with E-state index in [1.807, 2.05) is 20.8 Å². The molecule has 1 aromatic rings. The zero-order chi connectivity index (χ0) is 18.7. The number of rotatable bonds is 4. The second kappa shape index (κ2) is 7.19. The highest BCUT2D eigenvalue weighted by Crippen LogP contribution is 2.25. The van der Waals surface area contributed by atoms with Gasteiger partial charge in [-0.3, -0.25) is 19.7 Å². The Bertz CT molecular complexity index is 583. The molecule has 0 aromatic carbocycles. The number of ether oxygens (including phenoxy) is 1. The molecule has 1 heterocycles. The minimum atomic E-state index is -0.691. The summed E-state index contributed by atoms with van der Waals surface area (Å²) in [5, 5.41) is 6.68. The summed E-state index contributed by atoms with van der Waals surface area (Å²) in [5.41, 5.74) is -0.785. The van der Waals surface area contributed by atoms with Crippen LogP contribution < -0.4 is 5.32 Å². The summed E-state index contributed by atoms with van der Waals surface area (Å²) in [7, 11) is 3.28. The maximum atomic E-state index is 12.7. The second-order valence-corrected chi connectivity index (χ2v) is 8.10. The highest BCUT2D eigenvalue weighted by Gasteiger charge is 2.33. The van der Waals surface area contributed by atoms with Crippen LogP contribution in [-0.2, 0) is 16.6 Å². The second-order valence-electron chi connectivity index (χ2n) is 8.10. The predicted octanol–water partition coefficient (Wildman–Crippen LogP) is 2.43. The molecule has 0 aliphatic carbocycles. The summed E-state index contributed by atoms with van der Waals surface area (Å²) in [6.45, 7) is 11.4. The fraction of sp³-hybridized carbons (Fsp3) is 0.750. The van der Waals surface area contributed by atoms with Gasteiger partial charge in [-0.15, -0.1) is 5.10 Å². The average Bonchev–Trinajstić information content (AvgIpc) is 2.77. The number of nitrogens with zero attached hydrogens (tertiary/aromatic N) is 4. The van der Waals surface area contributed by atoms with Crippen molar-refractivity contribution < 1.29 is 14.3 Å². The third kappa shape index (κ3) is 6.55. The standard InChI is InChI=1S/C16H29N5O3/c1-15(2,3)9-11(21(8)14(23)24-16(4,5)6)12(22)18-13-17-10-20(7)19-13/h10-11H,9H2,1-8H3,(H,18,19,22)/t11-/m1/s1. The van der Waals surface area contributed by atoms with Crippen molar-refractivity contribution in [3.05, 3.63) is 6.33 Å². The van der Waals surface area contributed by atoms with Crippen LogP contribution in [0.4, 0.5) is 10.7 Å². The van der Waals surface area contributed by atoms with E-state index in [1.165, 1.54) is 15.9 Å². The molecule has 0 bridgehead atoms. The van der Waals surface area contributed by atoms with Gasteiger partial charge in [0.05, 0.1) is 0 Å². The van der Waals surface area contributed by atoms with E-state index in [9.17, 15) is 9.59 Å². The van der Waals surface area contributed by atoms with Crippen LogP contribution in [0.2, 0.25) is 0 Å². The van der Waals surface area contributed by atoms with Crippen molar-refractivity contribution in [3.63, 3.8) is 0 Å². The Kier molecular flexibility index (Phi) is 5.97. The molecule has 1 N–H and O–H groups in total. The topological polar surface area (TPSA) is 89.4 Å². The summed E-state index contributed by atoms with van der Waals surface area (Å²) in [5.74, 6) is -0.136. The van der Waals surface area contributed by atoms with Gasteiger partial charge in [0.25, 0.3) is 0 Å². The smallest absolute Gasteiger partial charge is 0.410 e. The quantitative estimate of drug-likeness (QED) is 0.910. The number of hydrogen-bond donors (Lipinski definition) is 1. The van der Waals surface area contributed by atoms with Crippen molar-refractivity contribution in [1.82, 2.24) is 19.7 Å². The van der Waals surface area contributed by atoms with Crippen molar-refractivity contribution in [2.45, 2.75) is 59.6 Å². The van der Waals surface area contributed by atoms with Crippen LogP contribution in [0.5, 0.6) is 0 Å². The highest BCUT2D eigenvalue weighted by molar-refractivity contribution is 5.95. The number of aromatic nitrogens is 3. The molecule has 1 aromatic heterocycles. The van der Waals surface area contributed by atoms with E-state index in [0.29, 0.717) is 6.42 Å². The lowest BCUT2D eigenvalue weighted by atomic mass is 9.87. The van der Waals surface area contributed by atoms with Crippen LogP contribution in [0.3, 0.4) is 0 Å². The minimum Gasteiger partial charge on any atom is -0.444 e. The lowest BCUT2D eigenvalue weighted by Gasteiger charge is -2.33. The minimum absolute atomic E-state index is 0.157. The lowest BCUT2D eigenvalue weighted by Crippen LogP contribution is -2.48. The molecule has 1 atom stereocenters. The fourth-order valence-electron chi connectivity index (χ4n) is 2.04. The van der Waals surface area contributed by atoms with E-state index in [2.05, 4.69) is 15.4 Å². The largest absolute Gasteiger partial charge is 0.444 e. The van der Waals surface area contributed by atoms with Crippen LogP contribution >= 0.6 is 0 Å². The third-order valence-corrected chi connectivity index (χ3v) is 3.09. The van der Waals surface area contributed by atoms with E-state index in [0.717, 1.165) is 0 Å². The molecule has 0 radical (unpaired) electrons. The maximum absolute atomic E-state index is 12.7. The Balaban J connectivity index is 2.93. The molecule has 0 fully saturated rings. The van der Waals surface area contributed by atoms with Gasteiger partial charge in [0.1, 0.15) is 18.0 Å². The number of hydrogen-bond acceptors (Lipinski definition) is 5. The summed E-state index contributed by atoms with van der Waals surface area (Å²) in [4.78, 5) is 30.3. The molecule has 0 aliphatic rings. The van der Waals surface area contributed by atoms with Gasteiger partial charge in [-0.25, -0.2) is 9.78 Å². The van der Waals surface area contributed by atoms with Gasteiger partial charge in [-0.2, -0.15) is 0 Å². The molecule has 0 spiro atoms. The highest BCUT2D eigenvalue weighted by atomic mass is 16.6. The molecule has 136 valence electrons. The molecule has 24 heavy (non-hydrogen) atoms. The molecule has 0 aliphatic heterocycles. The van der Waals surface area contributed by atoms with Gasteiger partial charge in [-0.05, 0) is 32.6 Å². The predicted molar refractivity (Wildman–Crippen MR) is 91.5 cm³/mol. The van der Waals surface area contributed by atoms with Crippen LogP contribution in [0, 0.1) is 5.41 Å². The van der Waals surface area contributed by atoms with Crippen LogP contribution in [-0.4, -0.2) is 50.4 Å². The lowest BCUT2D eigenvalue weighted by molar-refractivity contribution is -0.122. The van der Waals surface area contributed by atoms with E-state index < -0.39 is 17.7 Å². The van der Waals surface area contributed by atoms with Crippen molar-refractivity contribution in [1.29, 1.82) is 0 Å². The Morgan fingerprint density at radius 2 is 1.88 bits per heavy atom. The number of carbonyl (C=O) groups is 2. The van der Waals surface area contributed by atoms with Crippen molar-refractivity contribution >= 4 is 17.9 Å². The normalized spacial score (nSPS) is 13.3. The molecule has 0 saturated heterocycles. The molecule has 0 unspecified atom stereocenters. The van der Waals surface area contributed by atoms with Crippen LogP contribution in [0.1, 0.15) is 48.0 Å². The van der Waals surface area contributed by atoms with Gasteiger partial charge in [0.15, 0.2) is 0 Å². The van der Waals surface area contributed by atoms with Gasteiger partial charge in [0.2, 0.25) is 11.9 Å². The molecule has 8 nitrogen and oxygen atoms in total. The van der Waals surface area contributed by atoms with Gasteiger partial charge in [0, 0.05) is 14.1 Å². The number of nitrogens with one attached hydrogen (secondary N) is 1. The Hall–Kier alpha value is -2.12. The fourth-order valence-corrected chi connectivity index (χ4v) is 2.04. The van der Waals surface area contributed by atoms with Gasteiger partial charge < -0.3 is 4.74 Å². The Labute approximate surface area is 143 Å². The van der Waals surface area contributed by atoms with E-state index in [4.69, 9.17) is 4.74 Å². The van der Waals surface area contributed by atoms with Crippen molar-refractivity contribution in [3.8, 4) is 0 Å². The van der Waals surface area contributed by atoms with E-state index >= 15 is 0 Å². The summed E-state index contributed by atoms with van der Waals surface area (Å²) in [6, 6.07) is -0.691. The molecular weight excluding hydrogens is 310 g/mol. The van der Waals surface area contributed by atoms with Crippen molar-refractivity contribution in [2.75, 3.05) is 12.4 Å². The van der Waals surface area contributed by atoms with Gasteiger partial charge in [-0.1, -0.05) is 20.8 Å². The van der Waals surface area contributed by atoms with Crippen molar-refractivity contribution in [2.24, 2.45) is 12.5 Å². The molecule has 1 rings (SSSR count). The van der Waals surface area contributed by atoms with Crippen LogP contribution in [0.15, 0.2) is 6.33 Å². The number of carbonyl (C=O) groups excluding carboxylic acids is 2. The summed E-state index contributed by atoms with van der Waals surface area (Å²) >= 11 is 0.